The van der Waals surface area contributed by atoms with Crippen LogP contribution in [0.2, 0.25) is 0 Å². The normalized spacial score (nSPS) is 11.6. The van der Waals surface area contributed by atoms with E-state index in [1.807, 2.05) is 42.5 Å². The fourth-order valence-electron chi connectivity index (χ4n) is 2.28. The number of nitrogens with zero attached hydrogens (tertiary/aromatic N) is 2. The molecule has 0 aliphatic carbocycles. The van der Waals surface area contributed by atoms with Gasteiger partial charge in [-0.15, -0.1) is 0 Å². The number of thiazole rings is 1. The Morgan fingerprint density at radius 2 is 1.95 bits per heavy atom. The van der Waals surface area contributed by atoms with Crippen LogP contribution in [0.5, 0.6) is 0 Å². The first-order chi connectivity index (χ1) is 9.25. The minimum absolute atomic E-state index is 0.0232. The van der Waals surface area contributed by atoms with Crippen LogP contribution in [0, 0.1) is 0 Å². The molecule has 0 aliphatic rings. The molecule has 0 radical (unpaired) electrons. The predicted molar refractivity (Wildman–Crippen MR) is 82.1 cm³/mol. The third-order valence-corrected chi connectivity index (χ3v) is 4.81. The second-order valence-corrected chi connectivity index (χ2v) is 6.10. The molecule has 92 valence electrons. The van der Waals surface area contributed by atoms with Crippen molar-refractivity contribution in [3.8, 4) is 0 Å². The molecular weight excluding hydrogens is 324 g/mol. The maximum Gasteiger partial charge on any atom is 0.268 e. The Bertz CT molecular complexity index is 1000. The highest BCUT2D eigenvalue weighted by Gasteiger charge is 2.12. The van der Waals surface area contributed by atoms with Gasteiger partial charge in [0.05, 0.1) is 21.1 Å². The molecule has 0 aliphatic heterocycles. The molecule has 2 heterocycles. The van der Waals surface area contributed by atoms with Gasteiger partial charge in [0, 0.05) is 4.47 Å². The van der Waals surface area contributed by atoms with E-state index in [0.717, 1.165) is 25.2 Å². The highest BCUT2D eigenvalue weighted by molar-refractivity contribution is 9.10. The summed E-state index contributed by atoms with van der Waals surface area (Å²) in [7, 11) is 0. The van der Waals surface area contributed by atoms with Crippen LogP contribution in [0.3, 0.4) is 0 Å². The number of hydrogen-bond donors (Lipinski definition) is 0. The van der Waals surface area contributed by atoms with Gasteiger partial charge in [0.2, 0.25) is 0 Å². The molecule has 0 saturated carbocycles. The Hall–Kier alpha value is -1.72. The Labute approximate surface area is 120 Å². The van der Waals surface area contributed by atoms with Gasteiger partial charge >= 0.3 is 0 Å². The number of rotatable bonds is 0. The molecule has 4 rings (SSSR count). The van der Waals surface area contributed by atoms with Gasteiger partial charge in [-0.3, -0.25) is 9.20 Å². The highest BCUT2D eigenvalue weighted by Crippen LogP contribution is 2.26. The first-order valence-corrected chi connectivity index (χ1v) is 7.35. The lowest BCUT2D eigenvalue weighted by Gasteiger charge is -2.01. The van der Waals surface area contributed by atoms with Crippen LogP contribution in [0.25, 0.3) is 26.1 Å². The van der Waals surface area contributed by atoms with Gasteiger partial charge in [0.25, 0.3) is 5.56 Å². The van der Waals surface area contributed by atoms with E-state index in [-0.39, 0.29) is 5.56 Å². The topological polar surface area (TPSA) is 34.4 Å². The van der Waals surface area contributed by atoms with Crippen LogP contribution >= 0.6 is 27.3 Å². The number of hydrogen-bond acceptors (Lipinski definition) is 3. The van der Waals surface area contributed by atoms with Crippen LogP contribution in [0.4, 0.5) is 0 Å². The zero-order valence-corrected chi connectivity index (χ0v) is 12.0. The molecule has 0 atom stereocenters. The van der Waals surface area contributed by atoms with Crippen molar-refractivity contribution in [2.45, 2.75) is 0 Å². The molecule has 19 heavy (non-hydrogen) atoms. The quantitative estimate of drug-likeness (QED) is 0.491. The fraction of sp³-hybridized carbons (Fsp3) is 0. The van der Waals surface area contributed by atoms with Gasteiger partial charge in [-0.1, -0.05) is 29.5 Å². The summed E-state index contributed by atoms with van der Waals surface area (Å²) in [5, 5.41) is 0.628. The van der Waals surface area contributed by atoms with E-state index in [0.29, 0.717) is 5.39 Å². The van der Waals surface area contributed by atoms with E-state index >= 15 is 0 Å². The molecule has 4 aromatic rings. The summed E-state index contributed by atoms with van der Waals surface area (Å²) in [6.07, 6.45) is 0. The molecular formula is C14H7BrN2OS. The Morgan fingerprint density at radius 3 is 2.84 bits per heavy atom. The van der Waals surface area contributed by atoms with Gasteiger partial charge in [-0.25, -0.2) is 4.98 Å². The van der Waals surface area contributed by atoms with Crippen LogP contribution in [-0.4, -0.2) is 9.38 Å². The van der Waals surface area contributed by atoms with Gasteiger partial charge in [-0.05, 0) is 40.2 Å². The molecule has 0 N–H and O–H groups in total. The van der Waals surface area contributed by atoms with Crippen molar-refractivity contribution in [1.29, 1.82) is 0 Å². The fourth-order valence-corrected chi connectivity index (χ4v) is 3.83. The van der Waals surface area contributed by atoms with E-state index in [9.17, 15) is 4.79 Å². The van der Waals surface area contributed by atoms with Crippen molar-refractivity contribution < 1.29 is 0 Å². The SMILES string of the molecule is O=c1c2c(Br)cccc2nc2sc3ccccc3n12. The van der Waals surface area contributed by atoms with E-state index in [2.05, 4.69) is 20.9 Å². The number of benzene rings is 2. The van der Waals surface area contributed by atoms with Crippen molar-refractivity contribution in [2.24, 2.45) is 0 Å². The standard InChI is InChI=1S/C14H7BrN2OS/c15-8-4-3-5-9-12(8)13(18)17-10-6-1-2-7-11(10)19-14(17)16-9/h1-7H. The van der Waals surface area contributed by atoms with Crippen molar-refractivity contribution in [3.05, 3.63) is 57.3 Å². The van der Waals surface area contributed by atoms with Crippen molar-refractivity contribution in [1.82, 2.24) is 9.38 Å². The number of halogens is 1. The summed E-state index contributed by atoms with van der Waals surface area (Å²) >= 11 is 4.97. The first kappa shape index (κ1) is 11.1. The van der Waals surface area contributed by atoms with E-state index in [4.69, 9.17) is 0 Å². The molecule has 0 spiro atoms. The summed E-state index contributed by atoms with van der Waals surface area (Å²) in [6, 6.07) is 13.5. The Morgan fingerprint density at radius 1 is 1.11 bits per heavy atom. The van der Waals surface area contributed by atoms with Crippen LogP contribution < -0.4 is 5.56 Å². The summed E-state index contributed by atoms with van der Waals surface area (Å²) in [5.41, 5.74) is 1.62. The second kappa shape index (κ2) is 3.88. The highest BCUT2D eigenvalue weighted by atomic mass is 79.9. The second-order valence-electron chi connectivity index (χ2n) is 4.24. The minimum atomic E-state index is -0.0232. The van der Waals surface area contributed by atoms with Gasteiger partial charge < -0.3 is 0 Å². The molecule has 3 nitrogen and oxygen atoms in total. The lowest BCUT2D eigenvalue weighted by Crippen LogP contribution is -2.13. The lowest BCUT2D eigenvalue weighted by molar-refractivity contribution is 1.16. The Kier molecular flexibility index (Phi) is 2.28. The maximum atomic E-state index is 12.7. The molecule has 2 aromatic carbocycles. The monoisotopic (exact) mass is 330 g/mol. The lowest BCUT2D eigenvalue weighted by atomic mass is 10.2. The zero-order chi connectivity index (χ0) is 13.0. The van der Waals surface area contributed by atoms with Crippen LogP contribution in [-0.2, 0) is 0 Å². The smallest absolute Gasteiger partial charge is 0.268 e. The molecule has 0 bridgehead atoms. The summed E-state index contributed by atoms with van der Waals surface area (Å²) in [6.45, 7) is 0. The summed E-state index contributed by atoms with van der Waals surface area (Å²) in [5.74, 6) is 0. The molecule has 0 unspecified atom stereocenters. The van der Waals surface area contributed by atoms with Crippen molar-refractivity contribution in [2.75, 3.05) is 0 Å². The molecule has 5 heteroatoms. The van der Waals surface area contributed by atoms with E-state index in [1.54, 1.807) is 4.40 Å². The summed E-state index contributed by atoms with van der Waals surface area (Å²) < 4.78 is 3.54. The van der Waals surface area contributed by atoms with Gasteiger partial charge in [0.15, 0.2) is 4.96 Å². The minimum Gasteiger partial charge on any atom is -0.268 e. The first-order valence-electron chi connectivity index (χ1n) is 5.74. The van der Waals surface area contributed by atoms with E-state index in [1.165, 1.54) is 11.3 Å². The van der Waals surface area contributed by atoms with Crippen molar-refractivity contribution >= 4 is 53.3 Å². The maximum absolute atomic E-state index is 12.7. The summed E-state index contributed by atoms with van der Waals surface area (Å²) in [4.78, 5) is 18.0. The average molecular weight is 331 g/mol. The number of para-hydroxylation sites is 1. The molecule has 0 fully saturated rings. The average Bonchev–Trinajstić information content (AvgIpc) is 2.77. The third-order valence-electron chi connectivity index (χ3n) is 3.12. The number of aromatic nitrogens is 2. The molecule has 2 aromatic heterocycles. The van der Waals surface area contributed by atoms with Gasteiger partial charge in [0.1, 0.15) is 0 Å². The largest absolute Gasteiger partial charge is 0.268 e. The third kappa shape index (κ3) is 1.49. The molecule has 0 saturated heterocycles. The van der Waals surface area contributed by atoms with Crippen molar-refractivity contribution in [3.63, 3.8) is 0 Å². The van der Waals surface area contributed by atoms with Crippen LogP contribution in [0.1, 0.15) is 0 Å². The van der Waals surface area contributed by atoms with E-state index < -0.39 is 0 Å². The van der Waals surface area contributed by atoms with Gasteiger partial charge in [-0.2, -0.15) is 0 Å². The molecule has 0 amide bonds. The predicted octanol–water partition coefficient (Wildman–Crippen LogP) is 3.82. The number of fused-ring (bicyclic) bond motifs is 4. The zero-order valence-electron chi connectivity index (χ0n) is 9.63. The Balaban J connectivity index is 2.39. The van der Waals surface area contributed by atoms with Crippen LogP contribution in [0.15, 0.2) is 51.7 Å².